The van der Waals surface area contributed by atoms with Crippen LogP contribution in [0, 0.1) is 5.82 Å². The molecular weight excluding hydrogens is 403 g/mol. The van der Waals surface area contributed by atoms with Crippen molar-refractivity contribution in [3.63, 3.8) is 0 Å². The van der Waals surface area contributed by atoms with Crippen molar-refractivity contribution in [2.45, 2.75) is 6.04 Å². The molecule has 0 aliphatic heterocycles. The van der Waals surface area contributed by atoms with Gasteiger partial charge in [-0.3, -0.25) is 0 Å². The van der Waals surface area contributed by atoms with Crippen LogP contribution >= 0.6 is 0 Å². The highest BCUT2D eigenvalue weighted by Gasteiger charge is 2.20. The van der Waals surface area contributed by atoms with Crippen molar-refractivity contribution in [3.05, 3.63) is 121 Å². The monoisotopic (exact) mass is 424 g/mol. The van der Waals surface area contributed by atoms with Crippen molar-refractivity contribution >= 4 is 11.0 Å². The van der Waals surface area contributed by atoms with E-state index in [1.165, 1.54) is 12.1 Å². The molecule has 0 radical (unpaired) electrons. The summed E-state index contributed by atoms with van der Waals surface area (Å²) in [5, 5.41) is 0. The van der Waals surface area contributed by atoms with Crippen molar-refractivity contribution in [3.8, 4) is 11.4 Å². The van der Waals surface area contributed by atoms with Gasteiger partial charge in [0, 0.05) is 18.0 Å². The molecular formula is C26H21FN4O. The van der Waals surface area contributed by atoms with E-state index in [2.05, 4.69) is 40.4 Å². The van der Waals surface area contributed by atoms with E-state index in [1.807, 2.05) is 36.8 Å². The van der Waals surface area contributed by atoms with E-state index in [4.69, 9.17) is 9.82 Å². The zero-order valence-electron chi connectivity index (χ0n) is 17.3. The minimum Gasteiger partial charge on any atom is -0.408 e. The maximum Gasteiger partial charge on any atom is 0.176 e. The van der Waals surface area contributed by atoms with Crippen LogP contribution in [0.25, 0.3) is 22.4 Å². The molecule has 0 N–H and O–H groups in total. The molecule has 0 saturated carbocycles. The highest BCUT2D eigenvalue weighted by Crippen LogP contribution is 2.31. The number of rotatable bonds is 7. The number of hydrogen-bond acceptors (Lipinski definition) is 3. The van der Waals surface area contributed by atoms with Crippen molar-refractivity contribution in [1.29, 1.82) is 0 Å². The van der Waals surface area contributed by atoms with E-state index in [9.17, 15) is 4.39 Å². The summed E-state index contributed by atoms with van der Waals surface area (Å²) in [5.41, 5.74) is 4.58. The molecule has 5 aromatic rings. The van der Waals surface area contributed by atoms with Gasteiger partial charge >= 0.3 is 0 Å². The molecule has 5 nitrogen and oxygen atoms in total. The van der Waals surface area contributed by atoms with E-state index < -0.39 is 0 Å². The van der Waals surface area contributed by atoms with Gasteiger partial charge in [0.2, 0.25) is 0 Å². The minimum absolute atomic E-state index is 0.0554. The van der Waals surface area contributed by atoms with E-state index in [0.717, 1.165) is 27.7 Å². The topological polar surface area (TPSA) is 44.9 Å². The van der Waals surface area contributed by atoms with Crippen LogP contribution in [0.15, 0.2) is 104 Å². The Morgan fingerprint density at radius 2 is 1.81 bits per heavy atom. The second-order valence-corrected chi connectivity index (χ2v) is 7.39. The second-order valence-electron chi connectivity index (χ2n) is 7.39. The number of fused-ring (bicyclic) bond motifs is 1. The maximum atomic E-state index is 13.5. The third kappa shape index (κ3) is 3.67. The molecule has 0 spiro atoms. The van der Waals surface area contributed by atoms with Crippen LogP contribution in [0.2, 0.25) is 0 Å². The Hall–Kier alpha value is -4.19. The van der Waals surface area contributed by atoms with Gasteiger partial charge in [0.15, 0.2) is 5.82 Å². The van der Waals surface area contributed by atoms with Gasteiger partial charge in [-0.15, -0.1) is 0 Å². The molecule has 2 heterocycles. The molecule has 0 saturated heterocycles. The Labute approximate surface area is 185 Å². The SMILES string of the molecule is C=CCOn1c(-c2ccc(F)cc2)nc2ccc(C(c3ccccc3)n3ccnc3)cc21. The summed E-state index contributed by atoms with van der Waals surface area (Å²) < 4.78 is 17.2. The molecule has 0 amide bonds. The summed E-state index contributed by atoms with van der Waals surface area (Å²) in [4.78, 5) is 15.0. The normalized spacial score (nSPS) is 12.0. The van der Waals surface area contributed by atoms with Gasteiger partial charge in [0.1, 0.15) is 17.9 Å². The number of hydrogen-bond donors (Lipinski definition) is 0. The van der Waals surface area contributed by atoms with E-state index in [1.54, 1.807) is 29.1 Å². The summed E-state index contributed by atoms with van der Waals surface area (Å²) in [6.45, 7) is 4.07. The molecule has 0 aliphatic carbocycles. The fourth-order valence-corrected chi connectivity index (χ4v) is 3.87. The van der Waals surface area contributed by atoms with Crippen LogP contribution in [-0.4, -0.2) is 25.9 Å². The Kier molecular flexibility index (Phi) is 5.25. The first kappa shape index (κ1) is 19.8. The van der Waals surface area contributed by atoms with Gasteiger partial charge in [-0.1, -0.05) is 49.1 Å². The number of benzene rings is 3. The van der Waals surface area contributed by atoms with Crippen LogP contribution in [0.5, 0.6) is 0 Å². The predicted molar refractivity (Wildman–Crippen MR) is 123 cm³/mol. The summed E-state index contributed by atoms with van der Waals surface area (Å²) in [6.07, 6.45) is 7.23. The Morgan fingerprint density at radius 1 is 1.00 bits per heavy atom. The van der Waals surface area contributed by atoms with Crippen LogP contribution in [-0.2, 0) is 0 Å². The first-order chi connectivity index (χ1) is 15.7. The van der Waals surface area contributed by atoms with Gasteiger partial charge in [-0.25, -0.2) is 14.4 Å². The molecule has 5 rings (SSSR count). The molecule has 0 aliphatic rings. The second kappa shape index (κ2) is 8.51. The smallest absolute Gasteiger partial charge is 0.176 e. The lowest BCUT2D eigenvalue weighted by Gasteiger charge is -2.20. The molecule has 32 heavy (non-hydrogen) atoms. The molecule has 2 aromatic heterocycles. The number of nitrogens with zero attached hydrogens (tertiary/aromatic N) is 4. The van der Waals surface area contributed by atoms with Crippen molar-refractivity contribution in [2.24, 2.45) is 0 Å². The minimum atomic E-state index is -0.295. The molecule has 1 unspecified atom stereocenters. The quantitative estimate of drug-likeness (QED) is 0.334. The Bertz CT molecular complexity index is 1340. The summed E-state index contributed by atoms with van der Waals surface area (Å²) in [6, 6.07) is 22.6. The first-order valence-electron chi connectivity index (χ1n) is 10.3. The largest absolute Gasteiger partial charge is 0.408 e. The zero-order valence-corrected chi connectivity index (χ0v) is 17.3. The number of halogens is 1. The third-order valence-electron chi connectivity index (χ3n) is 5.31. The van der Waals surface area contributed by atoms with Crippen molar-refractivity contribution in [1.82, 2.24) is 19.3 Å². The van der Waals surface area contributed by atoms with Gasteiger partial charge in [-0.05, 0) is 47.5 Å². The fourth-order valence-electron chi connectivity index (χ4n) is 3.87. The highest BCUT2D eigenvalue weighted by atomic mass is 19.1. The van der Waals surface area contributed by atoms with Gasteiger partial charge in [-0.2, -0.15) is 4.73 Å². The summed E-state index contributed by atoms with van der Waals surface area (Å²) in [5.74, 6) is 0.314. The third-order valence-corrected chi connectivity index (χ3v) is 5.31. The standard InChI is InChI=1S/C26H21FN4O/c1-2-16-32-31-24-17-21(25(30-15-14-28-18-30)19-6-4-3-5-7-19)10-13-23(24)29-26(31)20-8-11-22(27)12-9-20/h2-15,17-18,25H,1,16H2. The van der Waals surface area contributed by atoms with Crippen LogP contribution in [0.4, 0.5) is 4.39 Å². The lowest BCUT2D eigenvalue weighted by molar-refractivity contribution is 0.148. The van der Waals surface area contributed by atoms with Crippen molar-refractivity contribution < 1.29 is 9.23 Å². The molecule has 6 heteroatoms. The fraction of sp³-hybridized carbons (Fsp3) is 0.0769. The van der Waals surface area contributed by atoms with E-state index >= 15 is 0 Å². The molecule has 158 valence electrons. The molecule has 0 fully saturated rings. The lowest BCUT2D eigenvalue weighted by Crippen LogP contribution is -2.14. The number of aromatic nitrogens is 4. The van der Waals surface area contributed by atoms with E-state index in [0.29, 0.717) is 12.4 Å². The average molecular weight is 424 g/mol. The van der Waals surface area contributed by atoms with Gasteiger partial charge in [0.05, 0.1) is 17.9 Å². The van der Waals surface area contributed by atoms with Crippen LogP contribution in [0.3, 0.4) is 0 Å². The molecule has 3 aromatic carbocycles. The summed E-state index contributed by atoms with van der Waals surface area (Å²) >= 11 is 0. The molecule has 0 bridgehead atoms. The van der Waals surface area contributed by atoms with Gasteiger partial charge < -0.3 is 9.40 Å². The summed E-state index contributed by atoms with van der Waals surface area (Å²) in [7, 11) is 0. The van der Waals surface area contributed by atoms with Crippen LogP contribution in [0.1, 0.15) is 17.2 Å². The Balaban J connectivity index is 1.68. The lowest BCUT2D eigenvalue weighted by atomic mass is 9.98. The maximum absolute atomic E-state index is 13.5. The van der Waals surface area contributed by atoms with E-state index in [-0.39, 0.29) is 11.9 Å². The first-order valence-corrected chi connectivity index (χ1v) is 10.3. The average Bonchev–Trinajstić information content (AvgIpc) is 3.47. The zero-order chi connectivity index (χ0) is 21.9. The predicted octanol–water partition coefficient (Wildman–Crippen LogP) is 5.29. The highest BCUT2D eigenvalue weighted by molar-refractivity contribution is 5.81. The molecule has 1 atom stereocenters. The van der Waals surface area contributed by atoms with Crippen molar-refractivity contribution in [2.75, 3.05) is 6.61 Å². The van der Waals surface area contributed by atoms with Crippen LogP contribution < -0.4 is 4.84 Å². The Morgan fingerprint density at radius 3 is 2.53 bits per heavy atom. The number of imidazole rings is 2. The van der Waals surface area contributed by atoms with Gasteiger partial charge in [0.25, 0.3) is 0 Å².